The highest BCUT2D eigenvalue weighted by molar-refractivity contribution is 6.03. The zero-order valence-corrected chi connectivity index (χ0v) is 15.0. The minimum absolute atomic E-state index is 0.0191. The third kappa shape index (κ3) is 8.22. The van der Waals surface area contributed by atoms with Crippen LogP contribution in [0.3, 0.4) is 0 Å². The Morgan fingerprint density at radius 1 is 1.08 bits per heavy atom. The van der Waals surface area contributed by atoms with Crippen molar-refractivity contribution in [3.05, 3.63) is 0 Å². The second kappa shape index (κ2) is 11.7. The standard InChI is InChI=1S/C17H28N2O6/c1-13-12-16(22)19(17(13)23)7-5-14(20)4-3-8-24-10-11-25-9-6-15(21)18-2/h13H,3-12H2,1-2H3,(H,18,21). The Labute approximate surface area is 148 Å². The lowest BCUT2D eigenvalue weighted by atomic mass is 10.1. The van der Waals surface area contributed by atoms with Gasteiger partial charge in [0, 0.05) is 51.8 Å². The number of amides is 3. The fourth-order valence-electron chi connectivity index (χ4n) is 2.43. The second-order valence-electron chi connectivity index (χ2n) is 6.03. The molecule has 0 saturated carbocycles. The molecule has 1 aliphatic rings. The van der Waals surface area contributed by atoms with E-state index in [0.717, 1.165) is 0 Å². The van der Waals surface area contributed by atoms with Crippen LogP contribution >= 0.6 is 0 Å². The molecule has 8 heteroatoms. The Morgan fingerprint density at radius 3 is 2.36 bits per heavy atom. The summed E-state index contributed by atoms with van der Waals surface area (Å²) in [6.07, 6.45) is 1.73. The first-order valence-electron chi connectivity index (χ1n) is 8.67. The van der Waals surface area contributed by atoms with Crippen molar-refractivity contribution in [1.82, 2.24) is 10.2 Å². The number of hydrogen-bond acceptors (Lipinski definition) is 6. The van der Waals surface area contributed by atoms with E-state index in [2.05, 4.69) is 5.32 Å². The van der Waals surface area contributed by atoms with E-state index < -0.39 is 0 Å². The van der Waals surface area contributed by atoms with Crippen LogP contribution in [0.5, 0.6) is 0 Å². The van der Waals surface area contributed by atoms with Crippen LogP contribution in [0.25, 0.3) is 0 Å². The molecule has 1 rings (SSSR count). The van der Waals surface area contributed by atoms with Gasteiger partial charge in [-0.1, -0.05) is 6.92 Å². The average Bonchev–Trinajstić information content (AvgIpc) is 2.83. The molecule has 1 unspecified atom stereocenters. The van der Waals surface area contributed by atoms with E-state index in [1.54, 1.807) is 14.0 Å². The molecule has 0 spiro atoms. The maximum absolute atomic E-state index is 11.8. The predicted octanol–water partition coefficient (Wildman–Crippen LogP) is 0.290. The van der Waals surface area contributed by atoms with E-state index in [-0.39, 0.29) is 48.8 Å². The van der Waals surface area contributed by atoms with Gasteiger partial charge in [-0.05, 0) is 6.42 Å². The zero-order valence-electron chi connectivity index (χ0n) is 15.0. The second-order valence-corrected chi connectivity index (χ2v) is 6.03. The van der Waals surface area contributed by atoms with Gasteiger partial charge in [0.05, 0.1) is 19.8 Å². The fourth-order valence-corrected chi connectivity index (χ4v) is 2.43. The summed E-state index contributed by atoms with van der Waals surface area (Å²) >= 11 is 0. The molecule has 8 nitrogen and oxygen atoms in total. The SMILES string of the molecule is CNC(=O)CCOCCOCCCC(=O)CCN1C(=O)CC(C)C1=O. The number of likely N-dealkylation sites (tertiary alicyclic amines) is 1. The van der Waals surface area contributed by atoms with Crippen LogP contribution in [0, 0.1) is 5.92 Å². The summed E-state index contributed by atoms with van der Waals surface area (Å²) in [5.41, 5.74) is 0. The number of ketones is 1. The first kappa shape index (κ1) is 21.2. The molecule has 0 bridgehead atoms. The van der Waals surface area contributed by atoms with Gasteiger partial charge in [0.25, 0.3) is 0 Å². The van der Waals surface area contributed by atoms with Crippen molar-refractivity contribution < 1.29 is 28.7 Å². The molecule has 0 aromatic carbocycles. The van der Waals surface area contributed by atoms with E-state index in [1.165, 1.54) is 4.90 Å². The van der Waals surface area contributed by atoms with Crippen LogP contribution in [-0.4, -0.2) is 68.4 Å². The maximum atomic E-state index is 11.8. The number of Topliss-reactive ketones (excluding diaryl/α,β-unsaturated/α-hetero) is 1. The van der Waals surface area contributed by atoms with Gasteiger partial charge in [0.1, 0.15) is 5.78 Å². The molecule has 1 aliphatic heterocycles. The first-order valence-corrected chi connectivity index (χ1v) is 8.67. The molecule has 0 aliphatic carbocycles. The van der Waals surface area contributed by atoms with E-state index in [9.17, 15) is 19.2 Å². The van der Waals surface area contributed by atoms with Gasteiger partial charge < -0.3 is 14.8 Å². The number of imide groups is 1. The topological polar surface area (TPSA) is 102 Å². The quantitative estimate of drug-likeness (QED) is 0.376. The Kier molecular flexibility index (Phi) is 9.94. The van der Waals surface area contributed by atoms with Crippen molar-refractivity contribution in [1.29, 1.82) is 0 Å². The number of carbonyl (C=O) groups is 4. The molecule has 1 heterocycles. The van der Waals surface area contributed by atoms with Gasteiger partial charge in [-0.3, -0.25) is 24.1 Å². The summed E-state index contributed by atoms with van der Waals surface area (Å²) in [6, 6.07) is 0. The molecule has 0 aromatic heterocycles. The highest BCUT2D eigenvalue weighted by Gasteiger charge is 2.35. The number of carbonyl (C=O) groups excluding carboxylic acids is 4. The van der Waals surface area contributed by atoms with E-state index in [0.29, 0.717) is 45.7 Å². The maximum Gasteiger partial charge on any atom is 0.232 e. The molecule has 142 valence electrons. The highest BCUT2D eigenvalue weighted by Crippen LogP contribution is 2.18. The van der Waals surface area contributed by atoms with Gasteiger partial charge in [-0.2, -0.15) is 0 Å². The summed E-state index contributed by atoms with van der Waals surface area (Å²) in [4.78, 5) is 47.3. The van der Waals surface area contributed by atoms with Gasteiger partial charge >= 0.3 is 0 Å². The minimum atomic E-state index is -0.269. The summed E-state index contributed by atoms with van der Waals surface area (Å²) in [6.45, 7) is 3.53. The average molecular weight is 356 g/mol. The lowest BCUT2D eigenvalue weighted by Crippen LogP contribution is -2.32. The highest BCUT2D eigenvalue weighted by atomic mass is 16.5. The fraction of sp³-hybridized carbons (Fsp3) is 0.765. The lowest BCUT2D eigenvalue weighted by Gasteiger charge is -2.13. The summed E-state index contributed by atoms with van der Waals surface area (Å²) in [7, 11) is 1.58. The van der Waals surface area contributed by atoms with Crippen LogP contribution in [0.1, 0.15) is 39.0 Å². The van der Waals surface area contributed by atoms with Crippen molar-refractivity contribution >= 4 is 23.5 Å². The first-order chi connectivity index (χ1) is 12.0. The Morgan fingerprint density at radius 2 is 1.76 bits per heavy atom. The lowest BCUT2D eigenvalue weighted by molar-refractivity contribution is -0.139. The molecule has 1 N–H and O–H groups in total. The van der Waals surface area contributed by atoms with Crippen LogP contribution < -0.4 is 5.32 Å². The van der Waals surface area contributed by atoms with Crippen molar-refractivity contribution in [2.75, 3.05) is 40.0 Å². The molecular formula is C17H28N2O6. The van der Waals surface area contributed by atoms with Crippen LogP contribution in [0.2, 0.25) is 0 Å². The Hall–Kier alpha value is -1.80. The van der Waals surface area contributed by atoms with Gasteiger partial charge in [-0.15, -0.1) is 0 Å². The number of nitrogens with zero attached hydrogens (tertiary/aromatic N) is 1. The third-order valence-corrected chi connectivity index (χ3v) is 3.95. The molecule has 1 saturated heterocycles. The van der Waals surface area contributed by atoms with E-state index in [4.69, 9.17) is 9.47 Å². The van der Waals surface area contributed by atoms with Crippen LogP contribution in [-0.2, 0) is 28.7 Å². The molecule has 1 atom stereocenters. The van der Waals surface area contributed by atoms with Crippen molar-refractivity contribution in [2.45, 2.75) is 39.0 Å². The molecule has 0 radical (unpaired) electrons. The zero-order chi connectivity index (χ0) is 18.7. The van der Waals surface area contributed by atoms with Gasteiger partial charge in [0.2, 0.25) is 17.7 Å². The van der Waals surface area contributed by atoms with Crippen molar-refractivity contribution in [2.24, 2.45) is 5.92 Å². The molecule has 1 fully saturated rings. The minimum Gasteiger partial charge on any atom is -0.379 e. The van der Waals surface area contributed by atoms with E-state index >= 15 is 0 Å². The van der Waals surface area contributed by atoms with Crippen LogP contribution in [0.4, 0.5) is 0 Å². The summed E-state index contributed by atoms with van der Waals surface area (Å²) in [5.74, 6) is -0.686. The predicted molar refractivity (Wildman–Crippen MR) is 89.7 cm³/mol. The largest absolute Gasteiger partial charge is 0.379 e. The molecule has 3 amide bonds. The Balaban J connectivity index is 1.96. The smallest absolute Gasteiger partial charge is 0.232 e. The number of rotatable bonds is 13. The molecule has 25 heavy (non-hydrogen) atoms. The molecular weight excluding hydrogens is 328 g/mol. The van der Waals surface area contributed by atoms with Crippen molar-refractivity contribution in [3.63, 3.8) is 0 Å². The van der Waals surface area contributed by atoms with Gasteiger partial charge in [-0.25, -0.2) is 0 Å². The Bertz CT molecular complexity index is 480. The summed E-state index contributed by atoms with van der Waals surface area (Å²) in [5, 5.41) is 2.51. The van der Waals surface area contributed by atoms with Crippen LogP contribution in [0.15, 0.2) is 0 Å². The number of hydrogen-bond donors (Lipinski definition) is 1. The van der Waals surface area contributed by atoms with E-state index in [1.807, 2.05) is 0 Å². The number of nitrogens with one attached hydrogen (secondary N) is 1. The normalized spacial score (nSPS) is 17.2. The third-order valence-electron chi connectivity index (χ3n) is 3.95. The molecule has 0 aromatic rings. The number of ether oxygens (including phenoxy) is 2. The summed E-state index contributed by atoms with van der Waals surface area (Å²) < 4.78 is 10.6. The van der Waals surface area contributed by atoms with Gasteiger partial charge in [0.15, 0.2) is 0 Å². The van der Waals surface area contributed by atoms with Crippen molar-refractivity contribution in [3.8, 4) is 0 Å². The monoisotopic (exact) mass is 356 g/mol.